The highest BCUT2D eigenvalue weighted by Crippen LogP contribution is 2.19. The lowest BCUT2D eigenvalue weighted by Crippen LogP contribution is -1.87. The molecule has 0 aliphatic carbocycles. The highest BCUT2D eigenvalue weighted by atomic mass is 32.2. The third-order valence-corrected chi connectivity index (χ3v) is 2.19. The Balaban J connectivity index is 2.91. The first-order valence-corrected chi connectivity index (χ1v) is 4.58. The summed E-state index contributed by atoms with van der Waals surface area (Å²) in [7, 11) is 0. The van der Waals surface area contributed by atoms with Gasteiger partial charge in [-0.3, -0.25) is 5.14 Å². The molecule has 1 aromatic carbocycles. The van der Waals surface area contributed by atoms with Crippen LogP contribution in [0, 0.1) is 0 Å². The molecule has 2 heteroatoms. The average molecular weight is 167 g/mol. The first-order chi connectivity index (χ1) is 5.24. The SMILES string of the molecule is CC(C)c1cccc(SN)c1. The zero-order chi connectivity index (χ0) is 8.27. The molecule has 0 aromatic heterocycles. The predicted molar refractivity (Wildman–Crippen MR) is 50.6 cm³/mol. The summed E-state index contributed by atoms with van der Waals surface area (Å²) in [6, 6.07) is 8.33. The molecule has 11 heavy (non-hydrogen) atoms. The maximum absolute atomic E-state index is 5.44. The fraction of sp³-hybridized carbons (Fsp3) is 0.333. The van der Waals surface area contributed by atoms with E-state index in [0.29, 0.717) is 5.92 Å². The molecular formula is C9H13NS. The van der Waals surface area contributed by atoms with E-state index in [-0.39, 0.29) is 0 Å². The molecule has 1 aromatic rings. The summed E-state index contributed by atoms with van der Waals surface area (Å²) in [4.78, 5) is 1.14. The summed E-state index contributed by atoms with van der Waals surface area (Å²) in [5.74, 6) is 0.585. The van der Waals surface area contributed by atoms with Crippen molar-refractivity contribution in [2.24, 2.45) is 5.14 Å². The minimum absolute atomic E-state index is 0.585. The van der Waals surface area contributed by atoms with Crippen LogP contribution in [0.1, 0.15) is 25.3 Å². The zero-order valence-corrected chi connectivity index (χ0v) is 7.69. The van der Waals surface area contributed by atoms with Gasteiger partial charge in [-0.25, -0.2) is 0 Å². The molecule has 2 N–H and O–H groups in total. The fourth-order valence-corrected chi connectivity index (χ4v) is 1.31. The first-order valence-electron chi connectivity index (χ1n) is 3.70. The van der Waals surface area contributed by atoms with E-state index in [1.165, 1.54) is 17.5 Å². The Morgan fingerprint density at radius 2 is 2.09 bits per heavy atom. The van der Waals surface area contributed by atoms with Gasteiger partial charge < -0.3 is 0 Å². The maximum atomic E-state index is 5.44. The Bertz CT molecular complexity index is 233. The minimum atomic E-state index is 0.585. The van der Waals surface area contributed by atoms with Crippen molar-refractivity contribution in [3.8, 4) is 0 Å². The van der Waals surface area contributed by atoms with Crippen molar-refractivity contribution in [1.29, 1.82) is 0 Å². The van der Waals surface area contributed by atoms with Crippen molar-refractivity contribution >= 4 is 11.9 Å². The number of rotatable bonds is 2. The Morgan fingerprint density at radius 1 is 1.36 bits per heavy atom. The van der Waals surface area contributed by atoms with Crippen LogP contribution < -0.4 is 5.14 Å². The van der Waals surface area contributed by atoms with Crippen molar-refractivity contribution in [1.82, 2.24) is 0 Å². The second-order valence-corrected chi connectivity index (χ2v) is 3.55. The van der Waals surface area contributed by atoms with Gasteiger partial charge in [0.2, 0.25) is 0 Å². The van der Waals surface area contributed by atoms with Crippen LogP contribution in [0.3, 0.4) is 0 Å². The second kappa shape index (κ2) is 3.79. The molecule has 0 amide bonds. The molecule has 0 spiro atoms. The monoisotopic (exact) mass is 167 g/mol. The molecule has 0 radical (unpaired) electrons. The van der Waals surface area contributed by atoms with E-state index in [0.717, 1.165) is 4.90 Å². The van der Waals surface area contributed by atoms with Crippen LogP contribution in [0.2, 0.25) is 0 Å². The number of hydrogen-bond acceptors (Lipinski definition) is 2. The molecule has 0 bridgehead atoms. The lowest BCUT2D eigenvalue weighted by Gasteiger charge is -2.05. The van der Waals surface area contributed by atoms with Gasteiger partial charge in [-0.05, 0) is 35.6 Å². The topological polar surface area (TPSA) is 26.0 Å². The highest BCUT2D eigenvalue weighted by Gasteiger charge is 1.98. The molecule has 0 atom stereocenters. The molecular weight excluding hydrogens is 154 g/mol. The van der Waals surface area contributed by atoms with Gasteiger partial charge in [0, 0.05) is 4.90 Å². The fourth-order valence-electron chi connectivity index (χ4n) is 0.947. The van der Waals surface area contributed by atoms with Crippen LogP contribution in [-0.4, -0.2) is 0 Å². The van der Waals surface area contributed by atoms with Crippen molar-refractivity contribution in [3.05, 3.63) is 29.8 Å². The van der Waals surface area contributed by atoms with E-state index in [1.54, 1.807) is 0 Å². The van der Waals surface area contributed by atoms with Gasteiger partial charge >= 0.3 is 0 Å². The maximum Gasteiger partial charge on any atom is 0.0228 e. The van der Waals surface area contributed by atoms with Crippen LogP contribution in [0.25, 0.3) is 0 Å². The zero-order valence-electron chi connectivity index (χ0n) is 6.87. The Hall–Kier alpha value is -0.470. The standard InChI is InChI=1S/C9H13NS/c1-7(2)8-4-3-5-9(6-8)11-10/h3-7H,10H2,1-2H3. The molecule has 60 valence electrons. The van der Waals surface area contributed by atoms with E-state index in [9.17, 15) is 0 Å². The molecule has 0 heterocycles. The summed E-state index contributed by atoms with van der Waals surface area (Å²) in [6.07, 6.45) is 0. The third-order valence-electron chi connectivity index (χ3n) is 1.66. The average Bonchev–Trinajstić information content (AvgIpc) is 2.05. The Morgan fingerprint density at radius 3 is 2.64 bits per heavy atom. The largest absolute Gasteiger partial charge is 0.274 e. The van der Waals surface area contributed by atoms with E-state index in [2.05, 4.69) is 26.0 Å². The summed E-state index contributed by atoms with van der Waals surface area (Å²) >= 11 is 1.30. The second-order valence-electron chi connectivity index (χ2n) is 2.85. The molecule has 1 rings (SSSR count). The Labute approximate surface area is 72.1 Å². The van der Waals surface area contributed by atoms with Crippen LogP contribution in [-0.2, 0) is 0 Å². The van der Waals surface area contributed by atoms with Gasteiger partial charge in [-0.15, -0.1) is 0 Å². The van der Waals surface area contributed by atoms with E-state index < -0.39 is 0 Å². The van der Waals surface area contributed by atoms with Gasteiger partial charge in [0.05, 0.1) is 0 Å². The van der Waals surface area contributed by atoms with Gasteiger partial charge in [0.25, 0.3) is 0 Å². The van der Waals surface area contributed by atoms with E-state index in [4.69, 9.17) is 5.14 Å². The smallest absolute Gasteiger partial charge is 0.0228 e. The van der Waals surface area contributed by atoms with Gasteiger partial charge in [0.1, 0.15) is 0 Å². The number of hydrogen-bond donors (Lipinski definition) is 1. The van der Waals surface area contributed by atoms with Crippen LogP contribution >= 0.6 is 11.9 Å². The van der Waals surface area contributed by atoms with Crippen molar-refractivity contribution in [2.75, 3.05) is 0 Å². The lowest BCUT2D eigenvalue weighted by molar-refractivity contribution is 0.862. The summed E-state index contributed by atoms with van der Waals surface area (Å²) in [5.41, 5.74) is 1.35. The minimum Gasteiger partial charge on any atom is -0.274 e. The highest BCUT2D eigenvalue weighted by molar-refractivity contribution is 7.97. The molecule has 0 aliphatic rings. The molecule has 0 aliphatic heterocycles. The van der Waals surface area contributed by atoms with Gasteiger partial charge in [0.15, 0.2) is 0 Å². The van der Waals surface area contributed by atoms with Crippen molar-refractivity contribution < 1.29 is 0 Å². The van der Waals surface area contributed by atoms with E-state index >= 15 is 0 Å². The molecule has 0 unspecified atom stereocenters. The van der Waals surface area contributed by atoms with Crippen LogP contribution in [0.5, 0.6) is 0 Å². The van der Waals surface area contributed by atoms with Crippen LogP contribution in [0.15, 0.2) is 29.2 Å². The van der Waals surface area contributed by atoms with E-state index in [1.807, 2.05) is 12.1 Å². The molecule has 0 saturated heterocycles. The first kappa shape index (κ1) is 8.62. The molecule has 1 nitrogen and oxygen atoms in total. The van der Waals surface area contributed by atoms with Gasteiger partial charge in [-0.2, -0.15) is 0 Å². The Kier molecular flexibility index (Phi) is 2.97. The van der Waals surface area contributed by atoms with Crippen molar-refractivity contribution in [2.45, 2.75) is 24.7 Å². The quantitative estimate of drug-likeness (QED) is 0.685. The van der Waals surface area contributed by atoms with Crippen molar-refractivity contribution in [3.63, 3.8) is 0 Å². The third kappa shape index (κ3) is 2.24. The molecule has 0 fully saturated rings. The predicted octanol–water partition coefficient (Wildman–Crippen LogP) is 2.78. The normalized spacial score (nSPS) is 10.5. The molecule has 0 saturated carbocycles. The number of nitrogens with two attached hydrogens (primary N) is 1. The lowest BCUT2D eigenvalue weighted by atomic mass is 10.0. The van der Waals surface area contributed by atoms with Crippen LogP contribution in [0.4, 0.5) is 0 Å². The number of benzene rings is 1. The summed E-state index contributed by atoms with van der Waals surface area (Å²) in [6.45, 7) is 4.36. The van der Waals surface area contributed by atoms with Gasteiger partial charge in [-0.1, -0.05) is 26.0 Å². The summed E-state index contributed by atoms with van der Waals surface area (Å²) in [5, 5.41) is 5.44. The summed E-state index contributed by atoms with van der Waals surface area (Å²) < 4.78 is 0.